The maximum atomic E-state index is 12.4. The fourth-order valence-corrected chi connectivity index (χ4v) is 2.71. The molecule has 7 heteroatoms. The number of nitrogens with one attached hydrogen (secondary N) is 1. The van der Waals surface area contributed by atoms with Gasteiger partial charge in [-0.3, -0.25) is 19.0 Å². The molecule has 0 aliphatic carbocycles. The van der Waals surface area contributed by atoms with Gasteiger partial charge in [-0.25, -0.2) is 4.98 Å². The summed E-state index contributed by atoms with van der Waals surface area (Å²) in [6.07, 6.45) is 1.21. The average molecular weight is 379 g/mol. The van der Waals surface area contributed by atoms with Crippen molar-refractivity contribution >= 4 is 28.5 Å². The topological polar surface area (TPSA) is 90.3 Å². The lowest BCUT2D eigenvalue weighted by Gasteiger charge is -2.14. The molecular formula is C21H21N3O4. The molecule has 1 unspecified atom stereocenters. The molecule has 1 N–H and O–H groups in total. The molecule has 7 nitrogen and oxygen atoms in total. The molecule has 2 aromatic carbocycles. The van der Waals surface area contributed by atoms with Crippen LogP contribution in [0.4, 0.5) is 5.69 Å². The van der Waals surface area contributed by atoms with Gasteiger partial charge >= 0.3 is 5.97 Å². The van der Waals surface area contributed by atoms with Gasteiger partial charge in [0.15, 0.2) is 6.10 Å². The van der Waals surface area contributed by atoms with Crippen LogP contribution in [0.1, 0.15) is 19.4 Å². The van der Waals surface area contributed by atoms with Gasteiger partial charge in [0, 0.05) is 5.69 Å². The summed E-state index contributed by atoms with van der Waals surface area (Å²) in [5.41, 5.74) is 2.00. The smallest absolute Gasteiger partial charge is 0.326 e. The highest BCUT2D eigenvalue weighted by Gasteiger charge is 2.19. The second-order valence-electron chi connectivity index (χ2n) is 6.37. The molecule has 0 spiro atoms. The molecule has 0 fully saturated rings. The number of carbonyl (C=O) groups excluding carboxylic acids is 2. The number of hydrogen-bond donors (Lipinski definition) is 1. The quantitative estimate of drug-likeness (QED) is 0.665. The van der Waals surface area contributed by atoms with Gasteiger partial charge in [-0.05, 0) is 43.2 Å². The summed E-state index contributed by atoms with van der Waals surface area (Å²) in [6, 6.07) is 14.3. The van der Waals surface area contributed by atoms with Crippen molar-refractivity contribution in [1.29, 1.82) is 0 Å². The Balaban J connectivity index is 1.61. The van der Waals surface area contributed by atoms with Crippen molar-refractivity contribution in [1.82, 2.24) is 9.55 Å². The Morgan fingerprint density at radius 3 is 2.57 bits per heavy atom. The number of ether oxygens (including phenoxy) is 1. The Morgan fingerprint density at radius 2 is 1.86 bits per heavy atom. The van der Waals surface area contributed by atoms with Crippen molar-refractivity contribution in [2.24, 2.45) is 0 Å². The fraction of sp³-hybridized carbons (Fsp3) is 0.238. The summed E-state index contributed by atoms with van der Waals surface area (Å²) in [7, 11) is 0. The van der Waals surface area contributed by atoms with Gasteiger partial charge in [-0.15, -0.1) is 0 Å². The van der Waals surface area contributed by atoms with Crippen molar-refractivity contribution in [3.05, 3.63) is 70.8 Å². The highest BCUT2D eigenvalue weighted by atomic mass is 16.5. The molecule has 0 radical (unpaired) electrons. The second kappa shape index (κ2) is 8.47. The molecule has 28 heavy (non-hydrogen) atoms. The first-order valence-electron chi connectivity index (χ1n) is 9.01. The third-order valence-corrected chi connectivity index (χ3v) is 4.34. The number of para-hydroxylation sites is 1. The van der Waals surface area contributed by atoms with E-state index in [2.05, 4.69) is 10.3 Å². The number of esters is 1. The lowest BCUT2D eigenvalue weighted by atomic mass is 10.1. The molecular weight excluding hydrogens is 358 g/mol. The van der Waals surface area contributed by atoms with Crippen LogP contribution >= 0.6 is 0 Å². The molecule has 1 aromatic heterocycles. The number of amides is 1. The summed E-state index contributed by atoms with van der Waals surface area (Å²) >= 11 is 0. The maximum absolute atomic E-state index is 12.4. The zero-order valence-corrected chi connectivity index (χ0v) is 15.7. The minimum atomic E-state index is -0.998. The fourth-order valence-electron chi connectivity index (χ4n) is 2.71. The Hall–Kier alpha value is -3.48. The number of aryl methyl sites for hydroxylation is 1. The highest BCUT2D eigenvalue weighted by molar-refractivity contribution is 5.95. The van der Waals surface area contributed by atoms with Gasteiger partial charge in [0.1, 0.15) is 6.54 Å². The number of nitrogens with zero attached hydrogens (tertiary/aromatic N) is 2. The van der Waals surface area contributed by atoms with E-state index in [1.165, 1.54) is 17.8 Å². The number of anilines is 1. The van der Waals surface area contributed by atoms with Crippen LogP contribution in [0.2, 0.25) is 0 Å². The minimum Gasteiger partial charge on any atom is -0.451 e. The van der Waals surface area contributed by atoms with Gasteiger partial charge in [0.25, 0.3) is 11.5 Å². The van der Waals surface area contributed by atoms with Crippen LogP contribution in [0, 0.1) is 0 Å². The lowest BCUT2D eigenvalue weighted by Crippen LogP contribution is -2.33. The average Bonchev–Trinajstić information content (AvgIpc) is 2.70. The first-order chi connectivity index (χ1) is 13.5. The summed E-state index contributed by atoms with van der Waals surface area (Å²) in [5.74, 6) is -1.13. The van der Waals surface area contributed by atoms with Gasteiger partial charge in [-0.1, -0.05) is 31.2 Å². The SMILES string of the molecule is CCc1ccc(NC(=O)C(C)OC(=O)Cn2cnc3ccccc3c2=O)cc1. The van der Waals surface area contributed by atoms with Crippen molar-refractivity contribution in [3.8, 4) is 0 Å². The number of aromatic nitrogens is 2. The molecule has 1 atom stereocenters. The molecule has 144 valence electrons. The van der Waals surface area contributed by atoms with E-state index in [0.29, 0.717) is 16.6 Å². The van der Waals surface area contributed by atoms with Crippen LogP contribution in [0.25, 0.3) is 10.9 Å². The van der Waals surface area contributed by atoms with E-state index in [9.17, 15) is 14.4 Å². The Bertz CT molecular complexity index is 1060. The molecule has 1 amide bonds. The largest absolute Gasteiger partial charge is 0.451 e. The lowest BCUT2D eigenvalue weighted by molar-refractivity contribution is -0.153. The van der Waals surface area contributed by atoms with Crippen LogP contribution in [-0.4, -0.2) is 27.5 Å². The molecule has 0 aliphatic heterocycles. The van der Waals surface area contributed by atoms with E-state index in [-0.39, 0.29) is 12.1 Å². The van der Waals surface area contributed by atoms with Crippen molar-refractivity contribution in [3.63, 3.8) is 0 Å². The monoisotopic (exact) mass is 379 g/mol. The molecule has 3 rings (SSSR count). The Labute approximate surface area is 162 Å². The van der Waals surface area contributed by atoms with Crippen LogP contribution in [0.15, 0.2) is 59.7 Å². The van der Waals surface area contributed by atoms with Crippen molar-refractivity contribution in [2.45, 2.75) is 32.9 Å². The van der Waals surface area contributed by atoms with Gasteiger partial charge in [0.05, 0.1) is 17.2 Å². The molecule has 0 saturated heterocycles. The van der Waals surface area contributed by atoms with Gasteiger partial charge < -0.3 is 10.1 Å². The number of benzene rings is 2. The second-order valence-corrected chi connectivity index (χ2v) is 6.37. The van der Waals surface area contributed by atoms with Crippen molar-refractivity contribution < 1.29 is 14.3 Å². The highest BCUT2D eigenvalue weighted by Crippen LogP contribution is 2.11. The Kier molecular flexibility index (Phi) is 5.84. The summed E-state index contributed by atoms with van der Waals surface area (Å²) in [5, 5.41) is 3.12. The van der Waals surface area contributed by atoms with Gasteiger partial charge in [-0.2, -0.15) is 0 Å². The number of hydrogen-bond acceptors (Lipinski definition) is 5. The van der Waals surface area contributed by atoms with E-state index in [1.54, 1.807) is 36.4 Å². The third kappa shape index (κ3) is 4.43. The van der Waals surface area contributed by atoms with Crippen molar-refractivity contribution in [2.75, 3.05) is 5.32 Å². The normalized spacial score (nSPS) is 11.8. The molecule has 1 heterocycles. The summed E-state index contributed by atoms with van der Waals surface area (Å²) in [4.78, 5) is 41.0. The predicted molar refractivity (Wildman–Crippen MR) is 106 cm³/mol. The molecule has 0 bridgehead atoms. The maximum Gasteiger partial charge on any atom is 0.326 e. The van der Waals surface area contributed by atoms with Crippen LogP contribution < -0.4 is 10.9 Å². The first-order valence-corrected chi connectivity index (χ1v) is 9.01. The van der Waals surface area contributed by atoms with E-state index in [4.69, 9.17) is 4.74 Å². The zero-order chi connectivity index (χ0) is 20.1. The third-order valence-electron chi connectivity index (χ3n) is 4.34. The van der Waals surface area contributed by atoms with Gasteiger partial charge in [0.2, 0.25) is 0 Å². The zero-order valence-electron chi connectivity index (χ0n) is 15.7. The number of fused-ring (bicyclic) bond motifs is 1. The minimum absolute atomic E-state index is 0.320. The molecule has 0 aliphatic rings. The standard InChI is InChI=1S/C21H21N3O4/c1-3-15-8-10-16(11-9-15)23-20(26)14(2)28-19(25)12-24-13-22-18-7-5-4-6-17(18)21(24)27/h4-11,13-14H,3,12H2,1-2H3,(H,23,26). The van der Waals surface area contributed by atoms with E-state index < -0.39 is 18.0 Å². The summed E-state index contributed by atoms with van der Waals surface area (Å²) in [6.45, 7) is 3.21. The van der Waals surface area contributed by atoms with Crippen LogP contribution in [0.5, 0.6) is 0 Å². The number of carbonyl (C=O) groups is 2. The first kappa shape index (κ1) is 19.3. The van der Waals surface area contributed by atoms with E-state index in [0.717, 1.165) is 12.0 Å². The predicted octanol–water partition coefficient (Wildman–Crippen LogP) is 2.53. The van der Waals surface area contributed by atoms with Crippen LogP contribution in [-0.2, 0) is 27.3 Å². The van der Waals surface area contributed by atoms with E-state index >= 15 is 0 Å². The number of rotatable bonds is 6. The van der Waals surface area contributed by atoms with Crippen LogP contribution in [0.3, 0.4) is 0 Å². The summed E-state index contributed by atoms with van der Waals surface area (Å²) < 4.78 is 6.33. The molecule has 0 saturated carbocycles. The Morgan fingerprint density at radius 1 is 1.14 bits per heavy atom. The van der Waals surface area contributed by atoms with E-state index in [1.807, 2.05) is 19.1 Å². The molecule has 3 aromatic rings.